The maximum Gasteiger partial charge on any atom is 0.446 e. The molecule has 2 saturated heterocycles. The maximum atomic E-state index is 16.2. The molecule has 124 heavy (non-hydrogen) atoms. The topological polar surface area (TPSA) is 580 Å². The van der Waals surface area contributed by atoms with E-state index in [0.717, 1.165) is 89.5 Å². The number of nitrogens with one attached hydrogen (secondary N) is 9. The summed E-state index contributed by atoms with van der Waals surface area (Å²) in [5.74, 6) is -17.9. The van der Waals surface area contributed by atoms with Crippen LogP contribution < -0.4 is 73.5 Å². The molecule has 38 nitrogen and oxygen atoms in total. The first-order chi connectivity index (χ1) is 58.6. The molecule has 18 atom stereocenters. The minimum absolute atomic E-state index is 0.119. The molecular weight excluding hydrogens is 1700 g/mol. The summed E-state index contributed by atoms with van der Waals surface area (Å²) in [6, 6.07) is 4.46. The third-order valence-electron chi connectivity index (χ3n) is 21.1. The standard InChI is InChI=1S/C80H85Cl2F3N12O26S/c1-31(2)19-44(87-5)70(109)95-60-62(103)34-10-13-48(42(81)22-34)119-50-24-37-25-51(66(50)123-77-67(65(106)64(105)52(30-98)121-77)122-55-29-79(4,68(107)32(3)118-55)88-16-18-97-17-15-54(91-78(97)117)90-69(108)36-7-6-8-39(20-36)124-80(83,84)85)120-49-14-11-35(23-43(49)82)63(104)61-75(114)94-59(76(115)116)41-26-38(99)27-47(101)56(41)40-21-33(9-12-46(40)100)57(72(111)96-61)93-73(112)58(37)92-71(110)45(28-53(86)102)89-74(60)113/h6-15,17,20-27,31-32,44-45,52,55,57-65,67-68,77,87-88,98-101,103-107H,16,18-19,28-30H2,1-5H3,(H2,86,102)(H,89,113)(H,92,110)(H,93,112)(H,94,114)(H,95,109)(H,96,111)(H,115,116)(H,90,91,108,117)/t32-,44+,45+,52+,55+,57+,58?,59-,60-,61-,62-,63-,64-,65-,67-,68+,77?,79-/m1/s1. The molecule has 662 valence electrons. The molecule has 11 bridgehead atoms. The quantitative estimate of drug-likeness (QED) is 0.0488. The summed E-state index contributed by atoms with van der Waals surface area (Å²) in [6.07, 6.45) is -18.7. The van der Waals surface area contributed by atoms with Crippen molar-refractivity contribution in [2.75, 3.05) is 25.5 Å². The first-order valence-electron chi connectivity index (χ1n) is 38.3. The number of hydrogen-bond donors (Lipinski definition) is 20. The molecule has 21 N–H and O–H groups in total. The van der Waals surface area contributed by atoms with Crippen molar-refractivity contribution in [1.29, 1.82) is 0 Å². The Bertz CT molecular complexity index is 5370. The number of phenols is 3. The number of carbonyl (C=O) groups excluding carboxylic acids is 8. The number of aliphatic hydroxyl groups excluding tert-OH is 6. The molecule has 0 saturated carbocycles. The van der Waals surface area contributed by atoms with Crippen molar-refractivity contribution in [3.05, 3.63) is 169 Å². The highest BCUT2D eigenvalue weighted by Crippen LogP contribution is 2.50. The fraction of sp³-hybridized carbons (Fsp3) is 0.388. The molecule has 14 rings (SSSR count). The molecule has 8 amide bonds. The van der Waals surface area contributed by atoms with Gasteiger partial charge in [-0.3, -0.25) is 42.9 Å². The highest BCUT2D eigenvalue weighted by molar-refractivity contribution is 8.00. The molecule has 6 aromatic carbocycles. The van der Waals surface area contributed by atoms with Crippen molar-refractivity contribution < 1.29 is 136 Å². The van der Waals surface area contributed by atoms with Gasteiger partial charge in [-0.15, -0.1) is 0 Å². The Morgan fingerprint density at radius 3 is 2.01 bits per heavy atom. The predicted octanol–water partition coefficient (Wildman–Crippen LogP) is 2.86. The van der Waals surface area contributed by atoms with Crippen molar-refractivity contribution in [3.8, 4) is 57.1 Å². The van der Waals surface area contributed by atoms with Crippen LogP contribution in [0.5, 0.6) is 46.0 Å². The first-order valence-corrected chi connectivity index (χ1v) is 39.8. The molecule has 7 aromatic rings. The van der Waals surface area contributed by atoms with E-state index in [1.807, 2.05) is 0 Å². The van der Waals surface area contributed by atoms with Gasteiger partial charge in [0.2, 0.25) is 53.4 Å². The first kappa shape index (κ1) is 91.7. The van der Waals surface area contributed by atoms with Crippen LogP contribution in [0.2, 0.25) is 10.0 Å². The van der Waals surface area contributed by atoms with Crippen LogP contribution in [0.3, 0.4) is 0 Å². The second kappa shape index (κ2) is 37.9. The van der Waals surface area contributed by atoms with Gasteiger partial charge in [0.05, 0.1) is 41.3 Å². The van der Waals surface area contributed by atoms with Crippen LogP contribution in [-0.2, 0) is 59.1 Å². The lowest BCUT2D eigenvalue weighted by atomic mass is 9.85. The Labute approximate surface area is 715 Å². The van der Waals surface area contributed by atoms with Crippen molar-refractivity contribution in [1.82, 2.24) is 52.1 Å². The molecular formula is C80H85Cl2F3N12O26S. The largest absolute Gasteiger partial charge is 0.508 e. The van der Waals surface area contributed by atoms with E-state index in [1.54, 1.807) is 20.8 Å². The normalized spacial score (nSPS) is 26.2. The highest BCUT2D eigenvalue weighted by atomic mass is 35.5. The van der Waals surface area contributed by atoms with Crippen LogP contribution in [0.25, 0.3) is 11.1 Å². The number of nitrogens with zero attached hydrogens (tertiary/aromatic N) is 2. The molecule has 7 aliphatic rings. The van der Waals surface area contributed by atoms with Crippen LogP contribution in [0.1, 0.15) is 115 Å². The third-order valence-corrected chi connectivity index (χ3v) is 22.4. The van der Waals surface area contributed by atoms with E-state index in [9.17, 15) is 97.8 Å². The summed E-state index contributed by atoms with van der Waals surface area (Å²) in [5.41, 5.74) is -4.52. The summed E-state index contributed by atoms with van der Waals surface area (Å²) < 4.78 is 79.7. The number of thioether (sulfide) groups is 1. The summed E-state index contributed by atoms with van der Waals surface area (Å²) in [7, 11) is 1.45. The van der Waals surface area contributed by atoms with Crippen molar-refractivity contribution in [3.63, 3.8) is 0 Å². The summed E-state index contributed by atoms with van der Waals surface area (Å²) in [5, 5.41) is 138. The molecule has 0 spiro atoms. The van der Waals surface area contributed by atoms with Gasteiger partial charge in [-0.25, -0.2) is 9.59 Å². The van der Waals surface area contributed by atoms with Crippen LogP contribution in [0.4, 0.5) is 19.0 Å². The van der Waals surface area contributed by atoms with Gasteiger partial charge in [-0.2, -0.15) is 18.2 Å². The molecule has 0 radical (unpaired) electrons. The lowest BCUT2D eigenvalue weighted by molar-refractivity contribution is -0.334. The van der Waals surface area contributed by atoms with Gasteiger partial charge in [-0.05, 0) is 146 Å². The lowest BCUT2D eigenvalue weighted by Gasteiger charge is -2.48. The number of aromatic hydroxyl groups is 3. The summed E-state index contributed by atoms with van der Waals surface area (Å²) >= 11 is 13.8. The third kappa shape index (κ3) is 20.6. The highest BCUT2D eigenvalue weighted by Gasteiger charge is 2.52. The molecule has 7 aliphatic heterocycles. The number of likely N-dealkylation sites (N-methyl/N-ethyl adjacent to an activating group) is 1. The van der Waals surface area contributed by atoms with Gasteiger partial charge in [0.15, 0.2) is 29.9 Å². The smallest absolute Gasteiger partial charge is 0.446 e. The van der Waals surface area contributed by atoms with E-state index in [-0.39, 0.29) is 59.3 Å². The Balaban J connectivity index is 0.985. The molecule has 1 aromatic heterocycles. The van der Waals surface area contributed by atoms with Gasteiger partial charge in [0.25, 0.3) is 5.91 Å². The van der Waals surface area contributed by atoms with E-state index in [4.69, 9.17) is 57.4 Å². The fourth-order valence-electron chi connectivity index (χ4n) is 14.8. The number of hydrogen-bond acceptors (Lipinski definition) is 29. The molecule has 8 heterocycles. The average molecular weight is 1790 g/mol. The average Bonchev–Trinajstić information content (AvgIpc) is 0.764. The number of nitrogens with two attached hydrogens (primary N) is 1. The van der Waals surface area contributed by atoms with E-state index < -0.39 is 282 Å². The number of aromatic nitrogens is 2. The number of phenolic OH excluding ortho intramolecular Hbond substituents is 3. The number of primary amides is 1. The number of carboxylic acids is 1. The molecule has 2 fully saturated rings. The van der Waals surface area contributed by atoms with Crippen molar-refractivity contribution in [2.24, 2.45) is 11.7 Å². The second-order valence-electron chi connectivity index (χ2n) is 30.4. The number of aliphatic hydroxyl groups is 6. The minimum Gasteiger partial charge on any atom is -0.508 e. The van der Waals surface area contributed by atoms with Gasteiger partial charge < -0.3 is 133 Å². The number of alkyl halides is 3. The Hall–Kier alpha value is -11.5. The zero-order chi connectivity index (χ0) is 90.0. The number of benzene rings is 6. The van der Waals surface area contributed by atoms with E-state index >= 15 is 14.4 Å². The van der Waals surface area contributed by atoms with Crippen molar-refractivity contribution in [2.45, 2.75) is 173 Å². The van der Waals surface area contributed by atoms with E-state index in [1.165, 1.54) is 44.4 Å². The summed E-state index contributed by atoms with van der Waals surface area (Å²) in [6.45, 7) is 5.26. The minimum atomic E-state index is -4.64. The molecule has 0 aliphatic carbocycles. The van der Waals surface area contributed by atoms with E-state index in [2.05, 4.69) is 52.8 Å². The van der Waals surface area contributed by atoms with Crippen LogP contribution in [0.15, 0.2) is 125 Å². The summed E-state index contributed by atoms with van der Waals surface area (Å²) in [4.78, 5) is 148. The zero-order valence-electron chi connectivity index (χ0n) is 65.9. The number of anilines is 1. The second-order valence-corrected chi connectivity index (χ2v) is 32.3. The van der Waals surface area contributed by atoms with Crippen LogP contribution in [-0.4, -0.2) is 218 Å². The fourth-order valence-corrected chi connectivity index (χ4v) is 15.8. The maximum absolute atomic E-state index is 16.2. The van der Waals surface area contributed by atoms with Gasteiger partial charge in [0, 0.05) is 64.5 Å². The monoisotopic (exact) mass is 1790 g/mol. The van der Waals surface area contributed by atoms with Crippen molar-refractivity contribution >= 4 is 94.0 Å². The van der Waals surface area contributed by atoms with Crippen LogP contribution in [0, 0.1) is 5.92 Å². The number of aliphatic carboxylic acids is 1. The van der Waals surface area contributed by atoms with E-state index in [0.29, 0.717) is 0 Å². The number of fused-ring (bicyclic) bond motifs is 15. The number of rotatable bonds is 20. The number of amides is 8. The van der Waals surface area contributed by atoms with Crippen LogP contribution >= 0.6 is 35.0 Å². The SMILES string of the molecule is CN[C@@H](CC(C)C)C(=O)N[C@H]1C(=O)N[C@@H](CC(N)=O)C(=O)NC2C(=O)N[C@@H]3C(=O)N[C@@H](C(=O)N[C@@H](C(=O)O)c4cc(O)cc(O)c4-c4cc3ccc4O)[C@H](O)c3ccc(c(Cl)c3)Oc3cc2cc(c3OC2O[C@@H](CO)[C@@H](O)[C@@H](O)[C@H]2O[C@H]2C[C@@](C)(NCCn3ccc(NC(=O)c4cccc(SC(F)(F)F)c4)nc3=O)[C@@H](O)[C@@H](C)O2)Oc2ccc(cc2Cl)[C@H]1O. The zero-order valence-corrected chi connectivity index (χ0v) is 68.2. The predicted molar refractivity (Wildman–Crippen MR) is 428 cm³/mol. The Morgan fingerprint density at radius 1 is 0.742 bits per heavy atom. The van der Waals surface area contributed by atoms with Gasteiger partial charge >= 0.3 is 17.2 Å². The number of ether oxygens (including phenoxy) is 6. The van der Waals surface area contributed by atoms with Gasteiger partial charge in [0.1, 0.15) is 95.3 Å². The molecule has 2 unspecified atom stereocenters. The Kier molecular flexibility index (Phi) is 28.0. The number of halogens is 5. The number of carbonyl (C=O) groups is 9. The molecule has 44 heteroatoms. The Morgan fingerprint density at radius 2 is 1.39 bits per heavy atom. The lowest BCUT2D eigenvalue weighted by Crippen LogP contribution is -2.65. The number of carboxylic acid groups (broad SMARTS) is 1. The van der Waals surface area contributed by atoms with Gasteiger partial charge in [-0.1, -0.05) is 61.3 Å².